The Morgan fingerprint density at radius 1 is 1.32 bits per heavy atom. The van der Waals surface area contributed by atoms with Gasteiger partial charge in [0.2, 0.25) is 5.91 Å². The van der Waals surface area contributed by atoms with Gasteiger partial charge in [-0.25, -0.2) is 0 Å². The van der Waals surface area contributed by atoms with Gasteiger partial charge in [-0.3, -0.25) is 9.48 Å². The van der Waals surface area contributed by atoms with Gasteiger partial charge in [-0.1, -0.05) is 41.4 Å². The summed E-state index contributed by atoms with van der Waals surface area (Å²) in [4.78, 5) is 22.5. The van der Waals surface area contributed by atoms with Gasteiger partial charge in [0.15, 0.2) is 10.8 Å². The molecule has 1 N–H and O–H groups in total. The first-order valence-corrected chi connectivity index (χ1v) is 9.44. The topological polar surface area (TPSA) is 108 Å². The van der Waals surface area contributed by atoms with E-state index < -0.39 is 16.6 Å². The third-order valence-electron chi connectivity index (χ3n) is 3.85. The Kier molecular flexibility index (Phi) is 6.01. The summed E-state index contributed by atoms with van der Waals surface area (Å²) in [5.41, 5.74) is 1.21. The minimum atomic E-state index is -0.698. The molecule has 28 heavy (non-hydrogen) atoms. The minimum absolute atomic E-state index is 0.0944. The Labute approximate surface area is 177 Å². The van der Waals surface area contributed by atoms with Crippen LogP contribution in [0.4, 0.5) is 11.6 Å². The van der Waals surface area contributed by atoms with E-state index in [0.29, 0.717) is 27.6 Å². The maximum absolute atomic E-state index is 12.3. The first kappa shape index (κ1) is 20.3. The van der Waals surface area contributed by atoms with Crippen LogP contribution < -0.4 is 5.32 Å². The van der Waals surface area contributed by atoms with Gasteiger partial charge in [0.1, 0.15) is 6.54 Å². The van der Waals surface area contributed by atoms with Gasteiger partial charge in [0, 0.05) is 11.2 Å². The normalized spacial score (nSPS) is 10.9. The van der Waals surface area contributed by atoms with Crippen molar-refractivity contribution in [2.24, 2.45) is 0 Å². The molecule has 1 amide bonds. The van der Waals surface area contributed by atoms with E-state index in [0.717, 1.165) is 5.56 Å². The third kappa shape index (κ3) is 4.34. The molecule has 0 spiro atoms. The van der Waals surface area contributed by atoms with Crippen LogP contribution in [0.25, 0.3) is 0 Å². The smallest absolute Gasteiger partial charge is 0.358 e. The molecule has 3 aromatic rings. The number of anilines is 1. The average molecular weight is 488 g/mol. The van der Waals surface area contributed by atoms with Gasteiger partial charge in [-0.05, 0) is 39.4 Å². The van der Waals surface area contributed by atoms with Crippen LogP contribution in [0, 0.1) is 17.0 Å². The number of nitrogens with zero attached hydrogens (tertiary/aromatic N) is 5. The number of benzene rings is 1. The van der Waals surface area contributed by atoms with Crippen molar-refractivity contribution in [1.82, 2.24) is 19.6 Å². The quantitative estimate of drug-likeness (QED) is 0.416. The van der Waals surface area contributed by atoms with Crippen LogP contribution in [0.2, 0.25) is 10.0 Å². The number of nitrogens with one attached hydrogen (secondary N) is 1. The van der Waals surface area contributed by atoms with E-state index in [1.807, 2.05) is 18.2 Å². The molecule has 146 valence electrons. The molecule has 0 saturated carbocycles. The van der Waals surface area contributed by atoms with E-state index in [1.165, 1.54) is 4.68 Å². The number of amides is 1. The summed E-state index contributed by atoms with van der Waals surface area (Å²) in [5.74, 6) is -0.638. The van der Waals surface area contributed by atoms with Crippen molar-refractivity contribution in [2.75, 3.05) is 5.32 Å². The molecule has 0 saturated heterocycles. The lowest BCUT2D eigenvalue weighted by molar-refractivity contribution is -0.389. The van der Waals surface area contributed by atoms with Crippen LogP contribution in [-0.4, -0.2) is 30.4 Å². The van der Waals surface area contributed by atoms with Crippen LogP contribution in [0.3, 0.4) is 0 Å². The van der Waals surface area contributed by atoms with Crippen LogP contribution in [0.5, 0.6) is 0 Å². The van der Waals surface area contributed by atoms with Crippen molar-refractivity contribution in [3.63, 3.8) is 0 Å². The van der Waals surface area contributed by atoms with E-state index in [1.54, 1.807) is 23.9 Å². The van der Waals surface area contributed by atoms with E-state index in [9.17, 15) is 14.9 Å². The molecular weight excluding hydrogens is 475 g/mol. The molecule has 9 nitrogen and oxygen atoms in total. The first-order chi connectivity index (χ1) is 13.3. The summed E-state index contributed by atoms with van der Waals surface area (Å²) in [7, 11) is 0. The highest BCUT2D eigenvalue weighted by atomic mass is 79.9. The zero-order valence-corrected chi connectivity index (χ0v) is 17.5. The summed E-state index contributed by atoms with van der Waals surface area (Å²) in [6.07, 6.45) is 1.71. The summed E-state index contributed by atoms with van der Waals surface area (Å²) >= 11 is 15.4. The highest BCUT2D eigenvalue weighted by molar-refractivity contribution is 9.10. The predicted octanol–water partition coefficient (Wildman–Crippen LogP) is 4.05. The molecule has 2 heterocycles. The molecule has 0 aliphatic heterocycles. The average Bonchev–Trinajstić information content (AvgIpc) is 3.11. The van der Waals surface area contributed by atoms with Gasteiger partial charge in [-0.2, -0.15) is 9.78 Å². The van der Waals surface area contributed by atoms with Crippen molar-refractivity contribution in [2.45, 2.75) is 20.0 Å². The fraction of sp³-hybridized carbons (Fsp3) is 0.188. The lowest BCUT2D eigenvalue weighted by atomic mass is 10.2. The maximum atomic E-state index is 12.3. The van der Waals surface area contributed by atoms with E-state index >= 15 is 0 Å². The van der Waals surface area contributed by atoms with Gasteiger partial charge in [-0.15, -0.1) is 0 Å². The number of carbonyl (C=O) groups excluding carboxylic acids is 1. The molecule has 0 aliphatic carbocycles. The Morgan fingerprint density at radius 3 is 2.68 bits per heavy atom. The Balaban J connectivity index is 1.71. The Bertz CT molecular complexity index is 1060. The molecule has 3 rings (SSSR count). The van der Waals surface area contributed by atoms with E-state index in [-0.39, 0.29) is 11.6 Å². The zero-order valence-electron chi connectivity index (χ0n) is 14.4. The molecule has 0 fully saturated rings. The number of aromatic nitrogens is 4. The number of halogens is 3. The minimum Gasteiger partial charge on any atom is -0.358 e. The first-order valence-electron chi connectivity index (χ1n) is 7.89. The van der Waals surface area contributed by atoms with Crippen LogP contribution in [-0.2, 0) is 17.9 Å². The monoisotopic (exact) mass is 486 g/mol. The number of carbonyl (C=O) groups is 1. The van der Waals surface area contributed by atoms with Crippen molar-refractivity contribution >= 4 is 56.7 Å². The van der Waals surface area contributed by atoms with E-state index in [2.05, 4.69) is 31.4 Å². The molecular formula is C16H13BrCl2N6O3. The molecule has 2 aromatic heterocycles. The number of rotatable bonds is 6. The lowest BCUT2D eigenvalue weighted by Gasteiger charge is -2.04. The Hall–Kier alpha value is -2.43. The molecule has 12 heteroatoms. The van der Waals surface area contributed by atoms with Crippen molar-refractivity contribution < 1.29 is 9.72 Å². The third-order valence-corrected chi connectivity index (χ3v) is 5.24. The van der Waals surface area contributed by atoms with Crippen LogP contribution >= 0.6 is 39.1 Å². The largest absolute Gasteiger partial charge is 0.408 e. The number of nitro groups is 1. The summed E-state index contributed by atoms with van der Waals surface area (Å²) in [6, 6.07) is 7.38. The second-order valence-electron chi connectivity index (χ2n) is 5.80. The SMILES string of the molecule is Cc1c(Cl)c([N+](=O)[O-])nn1CC(=O)Nc1nn(Cc2ccccc2Cl)cc1Br. The molecule has 0 bridgehead atoms. The fourth-order valence-electron chi connectivity index (χ4n) is 2.45. The second kappa shape index (κ2) is 8.29. The molecule has 1 aromatic carbocycles. The highest BCUT2D eigenvalue weighted by Gasteiger charge is 2.25. The van der Waals surface area contributed by atoms with Crippen molar-refractivity contribution in [3.05, 3.63) is 66.4 Å². The summed E-state index contributed by atoms with van der Waals surface area (Å²) in [5, 5.41) is 22.1. The van der Waals surface area contributed by atoms with Gasteiger partial charge >= 0.3 is 5.82 Å². The molecule has 0 aliphatic rings. The lowest BCUT2D eigenvalue weighted by Crippen LogP contribution is -2.21. The predicted molar refractivity (Wildman–Crippen MR) is 108 cm³/mol. The molecule has 0 unspecified atom stereocenters. The van der Waals surface area contributed by atoms with Crippen molar-refractivity contribution in [1.29, 1.82) is 0 Å². The standard InChI is InChI=1S/C16H13BrCl2N6O3/c1-9-14(19)16(25(27)28)22-24(9)8-13(26)20-15-11(17)7-23(21-15)6-10-4-2-3-5-12(10)18/h2-5,7H,6,8H2,1H3,(H,20,21,26). The number of hydrogen-bond donors (Lipinski definition) is 1. The highest BCUT2D eigenvalue weighted by Crippen LogP contribution is 2.27. The zero-order chi connectivity index (χ0) is 20.4. The van der Waals surface area contributed by atoms with Crippen LogP contribution in [0.15, 0.2) is 34.9 Å². The Morgan fingerprint density at radius 2 is 2.04 bits per heavy atom. The van der Waals surface area contributed by atoms with Gasteiger partial charge in [0.05, 0.1) is 21.8 Å². The van der Waals surface area contributed by atoms with E-state index in [4.69, 9.17) is 23.2 Å². The van der Waals surface area contributed by atoms with Crippen LogP contribution in [0.1, 0.15) is 11.3 Å². The fourth-order valence-corrected chi connectivity index (χ4v) is 3.27. The van der Waals surface area contributed by atoms with Gasteiger partial charge < -0.3 is 15.4 Å². The van der Waals surface area contributed by atoms with Crippen molar-refractivity contribution in [3.8, 4) is 0 Å². The maximum Gasteiger partial charge on any atom is 0.408 e. The molecule has 0 radical (unpaired) electrons. The second-order valence-corrected chi connectivity index (χ2v) is 7.44. The van der Waals surface area contributed by atoms with Gasteiger partial charge in [0.25, 0.3) is 0 Å². The summed E-state index contributed by atoms with van der Waals surface area (Å²) in [6.45, 7) is 1.72. The summed E-state index contributed by atoms with van der Waals surface area (Å²) < 4.78 is 3.38. The molecule has 0 atom stereocenters. The number of hydrogen-bond acceptors (Lipinski definition) is 5.